The Morgan fingerprint density at radius 1 is 1.00 bits per heavy atom. The van der Waals surface area contributed by atoms with Gasteiger partial charge in [-0.25, -0.2) is 0 Å². The first-order valence-electron chi connectivity index (χ1n) is 7.48. The average molecular weight is 299 g/mol. The van der Waals surface area contributed by atoms with E-state index in [2.05, 4.69) is 26.1 Å². The van der Waals surface area contributed by atoms with Crippen LogP contribution in [0, 0.1) is 0 Å². The van der Waals surface area contributed by atoms with Gasteiger partial charge in [0.25, 0.3) is 0 Å². The number of furan rings is 1. The lowest BCUT2D eigenvalue weighted by molar-refractivity contribution is 0.0284. The van der Waals surface area contributed by atoms with Crippen LogP contribution in [-0.2, 0) is 27.4 Å². The van der Waals surface area contributed by atoms with E-state index >= 15 is 0 Å². The van der Waals surface area contributed by atoms with Gasteiger partial charge in [0.1, 0.15) is 18.1 Å². The molecule has 1 aromatic rings. The Bertz CT molecular complexity index is 371. The topological polar surface area (TPSA) is 52.9 Å². The average Bonchev–Trinajstić information content (AvgIpc) is 2.87. The number of methoxy groups -OCH3 is 1. The first-order chi connectivity index (χ1) is 10.0. The summed E-state index contributed by atoms with van der Waals surface area (Å²) in [4.78, 5) is 0. The summed E-state index contributed by atoms with van der Waals surface area (Å²) in [6.45, 7) is 10.2. The molecule has 5 nitrogen and oxygen atoms in total. The first kappa shape index (κ1) is 18.2. The van der Waals surface area contributed by atoms with E-state index in [1.54, 1.807) is 7.11 Å². The van der Waals surface area contributed by atoms with Crippen LogP contribution >= 0.6 is 0 Å². The Balaban J connectivity index is 2.06. The fourth-order valence-corrected chi connectivity index (χ4v) is 1.65. The molecule has 0 radical (unpaired) electrons. The minimum Gasteiger partial charge on any atom is -0.462 e. The highest BCUT2D eigenvalue weighted by Gasteiger charge is 2.10. The van der Waals surface area contributed by atoms with Gasteiger partial charge in [-0.2, -0.15) is 0 Å². The molecule has 1 heterocycles. The van der Waals surface area contributed by atoms with E-state index in [9.17, 15) is 0 Å². The molecule has 0 unspecified atom stereocenters. The largest absolute Gasteiger partial charge is 0.462 e. The fraction of sp³-hybridized carbons (Fsp3) is 0.750. The second-order valence-electron chi connectivity index (χ2n) is 5.98. The maximum atomic E-state index is 5.69. The highest BCUT2D eigenvalue weighted by Crippen LogP contribution is 2.10. The Morgan fingerprint density at radius 2 is 1.71 bits per heavy atom. The summed E-state index contributed by atoms with van der Waals surface area (Å²) in [5.41, 5.74) is 0.0869. The third kappa shape index (κ3) is 9.63. The maximum Gasteiger partial charge on any atom is 0.129 e. The molecule has 0 saturated heterocycles. The Kier molecular flexibility index (Phi) is 8.61. The molecule has 1 aromatic heterocycles. The molecule has 0 saturated carbocycles. The lowest BCUT2D eigenvalue weighted by Gasteiger charge is -2.19. The summed E-state index contributed by atoms with van der Waals surface area (Å²) < 4.78 is 21.6. The number of nitrogens with one attached hydrogen (secondary N) is 1. The second-order valence-corrected chi connectivity index (χ2v) is 5.98. The van der Waals surface area contributed by atoms with Gasteiger partial charge in [-0.15, -0.1) is 0 Å². The van der Waals surface area contributed by atoms with Crippen molar-refractivity contribution in [1.29, 1.82) is 0 Å². The Hall–Kier alpha value is -0.880. The van der Waals surface area contributed by atoms with E-state index in [4.69, 9.17) is 18.6 Å². The quantitative estimate of drug-likeness (QED) is 0.637. The van der Waals surface area contributed by atoms with Crippen LogP contribution in [0.1, 0.15) is 38.7 Å². The van der Waals surface area contributed by atoms with Crippen LogP contribution in [0.25, 0.3) is 0 Å². The van der Waals surface area contributed by atoms with Crippen LogP contribution in [0.5, 0.6) is 0 Å². The Labute approximate surface area is 127 Å². The molecule has 0 fully saturated rings. The van der Waals surface area contributed by atoms with E-state index in [1.165, 1.54) is 0 Å². The minimum atomic E-state index is 0.0869. The molecule has 0 atom stereocenters. The highest BCUT2D eigenvalue weighted by molar-refractivity contribution is 5.06. The van der Waals surface area contributed by atoms with Crippen LogP contribution in [0.2, 0.25) is 0 Å². The lowest BCUT2D eigenvalue weighted by atomic mass is 10.1. The molecule has 1 rings (SSSR count). The summed E-state index contributed by atoms with van der Waals surface area (Å²) in [5, 5.41) is 3.39. The van der Waals surface area contributed by atoms with Gasteiger partial charge in [0, 0.05) is 25.9 Å². The first-order valence-corrected chi connectivity index (χ1v) is 7.48. The molecule has 0 amide bonds. The van der Waals surface area contributed by atoms with Gasteiger partial charge in [-0.3, -0.25) is 0 Å². The highest BCUT2D eigenvalue weighted by atomic mass is 16.5. The van der Waals surface area contributed by atoms with E-state index in [1.807, 2.05) is 12.1 Å². The van der Waals surface area contributed by atoms with Crippen molar-refractivity contribution in [3.63, 3.8) is 0 Å². The fourth-order valence-electron chi connectivity index (χ4n) is 1.65. The minimum absolute atomic E-state index is 0.0869. The number of hydrogen-bond acceptors (Lipinski definition) is 5. The van der Waals surface area contributed by atoms with E-state index in [0.717, 1.165) is 31.1 Å². The third-order valence-corrected chi connectivity index (χ3v) is 2.76. The lowest BCUT2D eigenvalue weighted by Crippen LogP contribution is -2.34. The van der Waals surface area contributed by atoms with Crippen molar-refractivity contribution in [2.24, 2.45) is 0 Å². The van der Waals surface area contributed by atoms with Gasteiger partial charge < -0.3 is 23.9 Å². The zero-order chi connectivity index (χ0) is 15.6. The van der Waals surface area contributed by atoms with Gasteiger partial charge in [0.05, 0.1) is 19.8 Å². The molecule has 0 aromatic carbocycles. The van der Waals surface area contributed by atoms with Crippen LogP contribution in [-0.4, -0.2) is 39.1 Å². The smallest absolute Gasteiger partial charge is 0.129 e. The number of ether oxygens (including phenoxy) is 3. The van der Waals surface area contributed by atoms with Crippen LogP contribution in [0.3, 0.4) is 0 Å². The second kappa shape index (κ2) is 9.95. The van der Waals surface area contributed by atoms with Crippen molar-refractivity contribution in [1.82, 2.24) is 5.32 Å². The van der Waals surface area contributed by atoms with Crippen LogP contribution in [0.15, 0.2) is 16.5 Å². The molecular weight excluding hydrogens is 270 g/mol. The molecule has 21 heavy (non-hydrogen) atoms. The zero-order valence-corrected chi connectivity index (χ0v) is 13.7. The van der Waals surface area contributed by atoms with Gasteiger partial charge >= 0.3 is 0 Å². The summed E-state index contributed by atoms with van der Waals surface area (Å²) in [5.74, 6) is 1.78. The molecule has 5 heteroatoms. The van der Waals surface area contributed by atoms with Gasteiger partial charge in [-0.1, -0.05) is 0 Å². The molecule has 0 aliphatic carbocycles. The predicted molar refractivity (Wildman–Crippen MR) is 82.3 cm³/mol. The number of rotatable bonds is 11. The molecule has 0 bridgehead atoms. The van der Waals surface area contributed by atoms with Crippen molar-refractivity contribution in [3.05, 3.63) is 23.7 Å². The van der Waals surface area contributed by atoms with E-state index in [0.29, 0.717) is 26.4 Å². The van der Waals surface area contributed by atoms with Crippen LogP contribution in [0.4, 0.5) is 0 Å². The number of hydrogen-bond donors (Lipinski definition) is 1. The normalized spacial score (nSPS) is 12.0. The summed E-state index contributed by atoms with van der Waals surface area (Å²) in [7, 11) is 1.69. The molecular formula is C16H29NO4. The Morgan fingerprint density at radius 3 is 2.43 bits per heavy atom. The van der Waals surface area contributed by atoms with Crippen molar-refractivity contribution >= 4 is 0 Å². The van der Waals surface area contributed by atoms with Crippen LogP contribution < -0.4 is 5.32 Å². The van der Waals surface area contributed by atoms with Crippen molar-refractivity contribution in [2.45, 2.75) is 45.9 Å². The van der Waals surface area contributed by atoms with E-state index < -0.39 is 0 Å². The van der Waals surface area contributed by atoms with Crippen molar-refractivity contribution in [2.75, 3.05) is 33.5 Å². The van der Waals surface area contributed by atoms with Crippen molar-refractivity contribution < 1.29 is 18.6 Å². The summed E-state index contributed by atoms with van der Waals surface area (Å²) in [6.07, 6.45) is 0.915. The molecule has 0 aliphatic rings. The van der Waals surface area contributed by atoms with Gasteiger partial charge in [0.15, 0.2) is 0 Å². The monoisotopic (exact) mass is 299 g/mol. The molecule has 1 N–H and O–H groups in total. The van der Waals surface area contributed by atoms with Gasteiger partial charge in [-0.05, 0) is 39.3 Å². The summed E-state index contributed by atoms with van der Waals surface area (Å²) in [6, 6.07) is 3.94. The molecule has 122 valence electrons. The summed E-state index contributed by atoms with van der Waals surface area (Å²) >= 11 is 0. The van der Waals surface area contributed by atoms with Crippen molar-refractivity contribution in [3.8, 4) is 0 Å². The SMILES string of the molecule is COCCCOCCOCc1ccc(CNC(C)(C)C)o1. The van der Waals surface area contributed by atoms with E-state index in [-0.39, 0.29) is 5.54 Å². The maximum absolute atomic E-state index is 5.69. The predicted octanol–water partition coefficient (Wildman–Crippen LogP) is 2.74. The molecule has 0 aliphatic heterocycles. The molecule has 0 spiro atoms. The zero-order valence-electron chi connectivity index (χ0n) is 13.7. The standard InChI is InChI=1S/C16H29NO4/c1-16(2,3)17-12-14-6-7-15(21-14)13-20-11-10-19-9-5-8-18-4/h6-7,17H,5,8-13H2,1-4H3. The van der Waals surface area contributed by atoms with Gasteiger partial charge in [0.2, 0.25) is 0 Å². The third-order valence-electron chi connectivity index (χ3n) is 2.76.